The van der Waals surface area contributed by atoms with Crippen molar-refractivity contribution in [3.8, 4) is 11.5 Å². The molecule has 0 unspecified atom stereocenters. The lowest BCUT2D eigenvalue weighted by Crippen LogP contribution is -2.10. The first kappa shape index (κ1) is 20.2. The van der Waals surface area contributed by atoms with Gasteiger partial charge in [0.2, 0.25) is 6.20 Å². The van der Waals surface area contributed by atoms with Gasteiger partial charge in [0, 0.05) is 12.5 Å². The van der Waals surface area contributed by atoms with Gasteiger partial charge in [0.15, 0.2) is 11.5 Å². The molecule has 0 fully saturated rings. The van der Waals surface area contributed by atoms with Crippen LogP contribution >= 0.6 is 0 Å². The van der Waals surface area contributed by atoms with Crippen molar-refractivity contribution in [2.45, 2.75) is 32.6 Å². The number of carbonyl (C=O) groups excluding carboxylic acids is 1. The zero-order valence-corrected chi connectivity index (χ0v) is 15.7. The second-order valence-corrected chi connectivity index (χ2v) is 6.38. The molecule has 0 atom stereocenters. The first-order chi connectivity index (χ1) is 12.9. The quantitative estimate of drug-likeness (QED) is 0.294. The van der Waals surface area contributed by atoms with Crippen molar-refractivity contribution in [1.82, 2.24) is 0 Å². The van der Waals surface area contributed by atoms with Gasteiger partial charge in [0.05, 0.1) is 12.0 Å². The average molecular weight is 369 g/mol. The number of nitrogens with zero attached hydrogens (tertiary/aromatic N) is 1. The SMILES string of the molecule is COc1cc(/C=C/[N+](=O)[O-])ccc1OC(=O)CCc1ccc(C(C)C)cc1. The van der Waals surface area contributed by atoms with Crippen LogP contribution in [0.15, 0.2) is 48.7 Å². The Kier molecular flexibility index (Phi) is 7.11. The fourth-order valence-electron chi connectivity index (χ4n) is 2.51. The van der Waals surface area contributed by atoms with E-state index < -0.39 is 4.92 Å². The van der Waals surface area contributed by atoms with Crippen LogP contribution in [0.5, 0.6) is 11.5 Å². The summed E-state index contributed by atoms with van der Waals surface area (Å²) in [6.07, 6.45) is 3.01. The zero-order chi connectivity index (χ0) is 19.8. The Hall–Kier alpha value is -3.15. The van der Waals surface area contributed by atoms with Crippen LogP contribution in [0.2, 0.25) is 0 Å². The fraction of sp³-hybridized carbons (Fsp3) is 0.286. The molecule has 0 aliphatic carbocycles. The number of nitro groups is 1. The molecule has 0 heterocycles. The Morgan fingerprint density at radius 3 is 2.44 bits per heavy atom. The summed E-state index contributed by atoms with van der Waals surface area (Å²) in [5.74, 6) is 0.737. The number of hydrogen-bond donors (Lipinski definition) is 0. The van der Waals surface area contributed by atoms with Gasteiger partial charge in [0.25, 0.3) is 0 Å². The van der Waals surface area contributed by atoms with E-state index in [0.29, 0.717) is 23.7 Å². The fourth-order valence-corrected chi connectivity index (χ4v) is 2.51. The maximum absolute atomic E-state index is 12.1. The van der Waals surface area contributed by atoms with Crippen LogP contribution < -0.4 is 9.47 Å². The predicted octanol–water partition coefficient (Wildman–Crippen LogP) is 4.60. The third-order valence-corrected chi connectivity index (χ3v) is 4.06. The van der Waals surface area contributed by atoms with Crippen molar-refractivity contribution in [3.05, 3.63) is 75.5 Å². The first-order valence-electron chi connectivity index (χ1n) is 8.68. The Morgan fingerprint density at radius 2 is 1.85 bits per heavy atom. The largest absolute Gasteiger partial charge is 0.493 e. The topological polar surface area (TPSA) is 78.7 Å². The number of ether oxygens (including phenoxy) is 2. The van der Waals surface area contributed by atoms with Crippen molar-refractivity contribution in [2.75, 3.05) is 7.11 Å². The van der Waals surface area contributed by atoms with E-state index in [1.54, 1.807) is 18.2 Å². The molecule has 0 radical (unpaired) electrons. The van der Waals surface area contributed by atoms with Gasteiger partial charge in [-0.3, -0.25) is 14.9 Å². The summed E-state index contributed by atoms with van der Waals surface area (Å²) in [6, 6.07) is 13.0. The summed E-state index contributed by atoms with van der Waals surface area (Å²) < 4.78 is 10.6. The first-order valence-corrected chi connectivity index (χ1v) is 8.68. The average Bonchev–Trinajstić information content (AvgIpc) is 2.65. The van der Waals surface area contributed by atoms with E-state index in [2.05, 4.69) is 26.0 Å². The molecule has 2 rings (SSSR count). The number of benzene rings is 2. The number of rotatable bonds is 8. The van der Waals surface area contributed by atoms with E-state index in [4.69, 9.17) is 9.47 Å². The Bertz CT molecular complexity index is 825. The van der Waals surface area contributed by atoms with Gasteiger partial charge in [0.1, 0.15) is 0 Å². The molecule has 0 spiro atoms. The molecule has 0 aliphatic heterocycles. The van der Waals surface area contributed by atoms with Gasteiger partial charge in [-0.2, -0.15) is 0 Å². The molecule has 0 amide bonds. The summed E-state index contributed by atoms with van der Waals surface area (Å²) in [6.45, 7) is 4.27. The minimum Gasteiger partial charge on any atom is -0.493 e. The number of hydrogen-bond acceptors (Lipinski definition) is 5. The van der Waals surface area contributed by atoms with E-state index in [-0.39, 0.29) is 18.1 Å². The van der Waals surface area contributed by atoms with E-state index in [1.165, 1.54) is 18.7 Å². The van der Waals surface area contributed by atoms with Crippen molar-refractivity contribution < 1.29 is 19.2 Å². The lowest BCUT2D eigenvalue weighted by atomic mass is 10.0. The van der Waals surface area contributed by atoms with Crippen LogP contribution in [0.3, 0.4) is 0 Å². The monoisotopic (exact) mass is 369 g/mol. The molecular weight excluding hydrogens is 346 g/mol. The van der Waals surface area contributed by atoms with Crippen LogP contribution in [0.1, 0.15) is 42.9 Å². The highest BCUT2D eigenvalue weighted by Crippen LogP contribution is 2.29. The number of esters is 1. The predicted molar refractivity (Wildman–Crippen MR) is 104 cm³/mol. The van der Waals surface area contributed by atoms with Gasteiger partial charge >= 0.3 is 5.97 Å². The van der Waals surface area contributed by atoms with Gasteiger partial charge < -0.3 is 9.47 Å². The van der Waals surface area contributed by atoms with Crippen molar-refractivity contribution in [3.63, 3.8) is 0 Å². The van der Waals surface area contributed by atoms with E-state index >= 15 is 0 Å². The van der Waals surface area contributed by atoms with Gasteiger partial charge in [-0.05, 0) is 41.2 Å². The summed E-state index contributed by atoms with van der Waals surface area (Å²) in [5.41, 5.74) is 2.91. The van der Waals surface area contributed by atoms with Gasteiger partial charge in [-0.1, -0.05) is 44.2 Å². The summed E-state index contributed by atoms with van der Waals surface area (Å²) >= 11 is 0. The number of methoxy groups -OCH3 is 1. The molecule has 0 bridgehead atoms. The molecule has 6 heteroatoms. The molecule has 0 aliphatic rings. The van der Waals surface area contributed by atoms with Gasteiger partial charge in [-0.15, -0.1) is 0 Å². The highest BCUT2D eigenvalue weighted by molar-refractivity contribution is 5.74. The number of aryl methyl sites for hydroxylation is 1. The maximum atomic E-state index is 12.1. The van der Waals surface area contributed by atoms with E-state index in [0.717, 1.165) is 11.8 Å². The highest BCUT2D eigenvalue weighted by Gasteiger charge is 2.11. The molecule has 2 aromatic carbocycles. The highest BCUT2D eigenvalue weighted by atomic mass is 16.6. The van der Waals surface area contributed by atoms with Crippen LogP contribution in [0.25, 0.3) is 6.08 Å². The molecule has 27 heavy (non-hydrogen) atoms. The summed E-state index contributed by atoms with van der Waals surface area (Å²) in [5, 5.41) is 10.4. The Balaban J connectivity index is 1.97. The Morgan fingerprint density at radius 1 is 1.15 bits per heavy atom. The molecule has 0 saturated heterocycles. The minimum absolute atomic E-state index is 0.243. The van der Waals surface area contributed by atoms with Crippen LogP contribution in [0, 0.1) is 10.1 Å². The minimum atomic E-state index is -0.548. The lowest BCUT2D eigenvalue weighted by Gasteiger charge is -2.10. The molecule has 0 aromatic heterocycles. The van der Waals surface area contributed by atoms with E-state index in [1.807, 2.05) is 12.1 Å². The molecule has 0 saturated carbocycles. The number of carbonyl (C=O) groups is 1. The molecular formula is C21H23NO5. The molecule has 0 N–H and O–H groups in total. The third-order valence-electron chi connectivity index (χ3n) is 4.06. The Labute approximate surface area is 158 Å². The van der Waals surface area contributed by atoms with Crippen molar-refractivity contribution in [1.29, 1.82) is 0 Å². The molecule has 2 aromatic rings. The van der Waals surface area contributed by atoms with Crippen LogP contribution in [-0.2, 0) is 11.2 Å². The van der Waals surface area contributed by atoms with Crippen molar-refractivity contribution >= 4 is 12.0 Å². The zero-order valence-electron chi connectivity index (χ0n) is 15.7. The van der Waals surface area contributed by atoms with Crippen molar-refractivity contribution in [2.24, 2.45) is 0 Å². The normalized spacial score (nSPS) is 11.0. The third kappa shape index (κ3) is 6.26. The van der Waals surface area contributed by atoms with Crippen LogP contribution in [-0.4, -0.2) is 18.0 Å². The lowest BCUT2D eigenvalue weighted by molar-refractivity contribution is -0.400. The molecule has 142 valence electrons. The summed E-state index contributed by atoms with van der Waals surface area (Å²) in [7, 11) is 1.45. The maximum Gasteiger partial charge on any atom is 0.311 e. The van der Waals surface area contributed by atoms with Crippen LogP contribution in [0.4, 0.5) is 0 Å². The van der Waals surface area contributed by atoms with Gasteiger partial charge in [-0.25, -0.2) is 0 Å². The summed E-state index contributed by atoms with van der Waals surface area (Å²) in [4.78, 5) is 22.0. The second kappa shape index (κ2) is 9.52. The van der Waals surface area contributed by atoms with E-state index in [9.17, 15) is 14.9 Å². The smallest absolute Gasteiger partial charge is 0.311 e. The molecule has 6 nitrogen and oxygen atoms in total. The second-order valence-electron chi connectivity index (χ2n) is 6.38. The standard InChI is InChI=1S/C21H23NO5/c1-15(2)18-8-4-16(5-9-18)7-11-21(23)27-19-10-6-17(12-13-22(24)25)14-20(19)26-3/h4-6,8-10,12-15H,7,11H2,1-3H3/b13-12+.